The lowest BCUT2D eigenvalue weighted by atomic mass is 9.98. The molecular formula is C13H27F3N2. The summed E-state index contributed by atoms with van der Waals surface area (Å²) in [4.78, 5) is 1.57. The van der Waals surface area contributed by atoms with Crippen LogP contribution in [0.4, 0.5) is 13.2 Å². The number of nitrogens with one attached hydrogen (secondary N) is 1. The molecule has 110 valence electrons. The van der Waals surface area contributed by atoms with Crippen molar-refractivity contribution in [2.45, 2.75) is 71.3 Å². The van der Waals surface area contributed by atoms with E-state index < -0.39 is 12.7 Å². The van der Waals surface area contributed by atoms with E-state index in [0.717, 1.165) is 19.3 Å². The van der Waals surface area contributed by atoms with Gasteiger partial charge in [-0.05, 0) is 33.7 Å². The van der Waals surface area contributed by atoms with Crippen molar-refractivity contribution in [3.8, 4) is 0 Å². The molecule has 0 saturated heterocycles. The molecule has 2 atom stereocenters. The Morgan fingerprint density at radius 2 is 1.72 bits per heavy atom. The standard InChI is InChI=1S/C13H27F3N2/c1-6-8-11(17-5)12(7-2)18(10(3)4)9-13(14,15)16/h10-12,17H,6-9H2,1-5H3. The van der Waals surface area contributed by atoms with Gasteiger partial charge in [0.15, 0.2) is 0 Å². The fraction of sp³-hybridized carbons (Fsp3) is 1.00. The Kier molecular flexibility index (Phi) is 7.87. The van der Waals surface area contributed by atoms with E-state index in [1.807, 2.05) is 27.8 Å². The summed E-state index contributed by atoms with van der Waals surface area (Å²) >= 11 is 0. The Morgan fingerprint density at radius 1 is 1.17 bits per heavy atom. The Hall–Kier alpha value is -0.290. The maximum Gasteiger partial charge on any atom is 0.401 e. The van der Waals surface area contributed by atoms with E-state index in [9.17, 15) is 13.2 Å². The van der Waals surface area contributed by atoms with Crippen LogP contribution in [0.15, 0.2) is 0 Å². The highest BCUT2D eigenvalue weighted by molar-refractivity contribution is 4.85. The van der Waals surface area contributed by atoms with Crippen LogP contribution in [-0.4, -0.2) is 42.8 Å². The van der Waals surface area contributed by atoms with Gasteiger partial charge >= 0.3 is 6.18 Å². The number of likely N-dealkylation sites (N-methyl/N-ethyl adjacent to an activating group) is 1. The lowest BCUT2D eigenvalue weighted by Gasteiger charge is -2.39. The molecular weight excluding hydrogens is 241 g/mol. The van der Waals surface area contributed by atoms with Crippen LogP contribution in [-0.2, 0) is 0 Å². The summed E-state index contributed by atoms with van der Waals surface area (Å²) in [6.07, 6.45) is -1.54. The minimum absolute atomic E-state index is 0.0726. The quantitative estimate of drug-likeness (QED) is 0.725. The van der Waals surface area contributed by atoms with Crippen molar-refractivity contribution in [2.75, 3.05) is 13.6 Å². The van der Waals surface area contributed by atoms with Gasteiger partial charge in [-0.25, -0.2) is 0 Å². The van der Waals surface area contributed by atoms with Crippen LogP contribution in [0.3, 0.4) is 0 Å². The van der Waals surface area contributed by atoms with Gasteiger partial charge in [0.25, 0.3) is 0 Å². The number of hydrogen-bond acceptors (Lipinski definition) is 2. The number of nitrogens with zero attached hydrogens (tertiary/aromatic N) is 1. The van der Waals surface area contributed by atoms with Crippen LogP contribution in [0.5, 0.6) is 0 Å². The Balaban J connectivity index is 4.91. The zero-order valence-electron chi connectivity index (χ0n) is 12.1. The van der Waals surface area contributed by atoms with E-state index in [2.05, 4.69) is 12.2 Å². The summed E-state index contributed by atoms with van der Waals surface area (Å²) in [6.45, 7) is 6.84. The van der Waals surface area contributed by atoms with Gasteiger partial charge in [0, 0.05) is 18.1 Å². The zero-order valence-corrected chi connectivity index (χ0v) is 12.1. The van der Waals surface area contributed by atoms with E-state index in [-0.39, 0.29) is 18.1 Å². The van der Waals surface area contributed by atoms with Crippen molar-refractivity contribution in [1.29, 1.82) is 0 Å². The summed E-state index contributed by atoms with van der Waals surface area (Å²) in [7, 11) is 1.83. The molecule has 2 unspecified atom stereocenters. The smallest absolute Gasteiger partial charge is 0.315 e. The average molecular weight is 268 g/mol. The van der Waals surface area contributed by atoms with Gasteiger partial charge in [0.05, 0.1) is 6.54 Å². The Morgan fingerprint density at radius 3 is 2.00 bits per heavy atom. The van der Waals surface area contributed by atoms with Crippen LogP contribution >= 0.6 is 0 Å². The summed E-state index contributed by atoms with van der Waals surface area (Å²) in [5.74, 6) is 0. The number of halogens is 3. The predicted octanol–water partition coefficient (Wildman–Crippen LogP) is 3.43. The second-order valence-corrected chi connectivity index (χ2v) is 5.04. The molecule has 0 heterocycles. The molecule has 0 amide bonds. The molecule has 0 aromatic rings. The first kappa shape index (κ1) is 17.7. The number of rotatable bonds is 8. The van der Waals surface area contributed by atoms with E-state index in [1.54, 1.807) is 4.90 Å². The summed E-state index contributed by atoms with van der Waals surface area (Å²) in [5, 5.41) is 3.17. The second-order valence-electron chi connectivity index (χ2n) is 5.04. The average Bonchev–Trinajstić information content (AvgIpc) is 2.25. The van der Waals surface area contributed by atoms with E-state index in [0.29, 0.717) is 0 Å². The van der Waals surface area contributed by atoms with E-state index in [4.69, 9.17) is 0 Å². The van der Waals surface area contributed by atoms with Crippen molar-refractivity contribution >= 4 is 0 Å². The van der Waals surface area contributed by atoms with E-state index >= 15 is 0 Å². The molecule has 0 aromatic heterocycles. The van der Waals surface area contributed by atoms with Crippen LogP contribution in [0.25, 0.3) is 0 Å². The zero-order chi connectivity index (χ0) is 14.3. The highest BCUT2D eigenvalue weighted by Crippen LogP contribution is 2.23. The Bertz CT molecular complexity index is 217. The third kappa shape index (κ3) is 6.05. The van der Waals surface area contributed by atoms with Gasteiger partial charge in [-0.2, -0.15) is 13.2 Å². The van der Waals surface area contributed by atoms with E-state index in [1.165, 1.54) is 0 Å². The molecule has 0 bridgehead atoms. The van der Waals surface area contributed by atoms with Crippen molar-refractivity contribution in [1.82, 2.24) is 10.2 Å². The van der Waals surface area contributed by atoms with Gasteiger partial charge < -0.3 is 5.32 Å². The maximum absolute atomic E-state index is 12.7. The van der Waals surface area contributed by atoms with Crippen molar-refractivity contribution in [3.63, 3.8) is 0 Å². The van der Waals surface area contributed by atoms with Crippen LogP contribution in [0, 0.1) is 0 Å². The molecule has 0 aliphatic carbocycles. The van der Waals surface area contributed by atoms with Crippen LogP contribution in [0.1, 0.15) is 47.0 Å². The minimum Gasteiger partial charge on any atom is -0.315 e. The van der Waals surface area contributed by atoms with Crippen LogP contribution in [0.2, 0.25) is 0 Å². The SMILES string of the molecule is CCCC(NC)C(CC)N(CC(F)(F)F)C(C)C. The number of alkyl halides is 3. The fourth-order valence-electron chi connectivity index (χ4n) is 2.48. The number of hydrogen-bond donors (Lipinski definition) is 1. The molecule has 0 saturated carbocycles. The molecule has 0 spiro atoms. The molecule has 0 radical (unpaired) electrons. The van der Waals surface area contributed by atoms with Gasteiger partial charge in [-0.1, -0.05) is 20.3 Å². The maximum atomic E-state index is 12.7. The van der Waals surface area contributed by atoms with Crippen molar-refractivity contribution in [3.05, 3.63) is 0 Å². The summed E-state index contributed by atoms with van der Waals surface area (Å²) < 4.78 is 38.0. The molecule has 0 rings (SSSR count). The molecule has 18 heavy (non-hydrogen) atoms. The molecule has 1 N–H and O–H groups in total. The van der Waals surface area contributed by atoms with Crippen molar-refractivity contribution in [2.24, 2.45) is 0 Å². The van der Waals surface area contributed by atoms with Crippen molar-refractivity contribution < 1.29 is 13.2 Å². The lowest BCUT2D eigenvalue weighted by molar-refractivity contribution is -0.157. The van der Waals surface area contributed by atoms with Crippen LogP contribution < -0.4 is 5.32 Å². The predicted molar refractivity (Wildman–Crippen MR) is 69.7 cm³/mol. The normalized spacial score (nSPS) is 16.3. The fourth-order valence-corrected chi connectivity index (χ4v) is 2.48. The third-order valence-electron chi connectivity index (χ3n) is 3.30. The topological polar surface area (TPSA) is 15.3 Å². The minimum atomic E-state index is -4.14. The first-order valence-electron chi connectivity index (χ1n) is 6.76. The van der Waals surface area contributed by atoms with Gasteiger partial charge in [-0.3, -0.25) is 4.90 Å². The second kappa shape index (κ2) is 8.00. The van der Waals surface area contributed by atoms with Gasteiger partial charge in [-0.15, -0.1) is 0 Å². The summed E-state index contributed by atoms with van der Waals surface area (Å²) in [5.41, 5.74) is 0. The summed E-state index contributed by atoms with van der Waals surface area (Å²) in [6, 6.07) is -0.0643. The highest BCUT2D eigenvalue weighted by atomic mass is 19.4. The highest BCUT2D eigenvalue weighted by Gasteiger charge is 2.36. The molecule has 0 aliphatic rings. The van der Waals surface area contributed by atoms with Gasteiger partial charge in [0.1, 0.15) is 0 Å². The first-order chi connectivity index (χ1) is 8.26. The monoisotopic (exact) mass is 268 g/mol. The largest absolute Gasteiger partial charge is 0.401 e. The molecule has 0 aromatic carbocycles. The third-order valence-corrected chi connectivity index (χ3v) is 3.30. The molecule has 0 fully saturated rings. The van der Waals surface area contributed by atoms with Gasteiger partial charge in [0.2, 0.25) is 0 Å². The molecule has 0 aliphatic heterocycles. The lowest BCUT2D eigenvalue weighted by Crippen LogP contribution is -2.54. The Labute approximate surface area is 109 Å². The molecule has 2 nitrogen and oxygen atoms in total. The molecule has 5 heteroatoms. The first-order valence-corrected chi connectivity index (χ1v) is 6.76.